The zero-order chi connectivity index (χ0) is 19.5. The number of hydrogen-bond donors (Lipinski definition) is 0. The predicted molar refractivity (Wildman–Crippen MR) is 125 cm³/mol. The Morgan fingerprint density at radius 3 is 2.54 bits per heavy atom. The average Bonchev–Trinajstić information content (AvgIpc) is 3.00. The quantitative estimate of drug-likeness (QED) is 0.354. The van der Waals surface area contributed by atoms with Crippen molar-refractivity contribution < 1.29 is 4.79 Å². The molecule has 1 aliphatic rings. The molecule has 140 valence electrons. The summed E-state index contributed by atoms with van der Waals surface area (Å²) in [6, 6.07) is 22.5. The minimum absolute atomic E-state index is 0.0516. The predicted octanol–water partition coefficient (Wildman–Crippen LogP) is 6.59. The van der Waals surface area contributed by atoms with E-state index in [0.29, 0.717) is 9.23 Å². The lowest BCUT2D eigenvalue weighted by Gasteiger charge is -2.15. The molecule has 2 nitrogen and oxygen atoms in total. The Morgan fingerprint density at radius 2 is 1.75 bits per heavy atom. The Morgan fingerprint density at radius 1 is 1.00 bits per heavy atom. The van der Waals surface area contributed by atoms with Crippen molar-refractivity contribution in [2.24, 2.45) is 0 Å². The first-order chi connectivity index (χ1) is 13.7. The molecule has 1 heterocycles. The first-order valence-electron chi connectivity index (χ1n) is 9.52. The Labute approximate surface area is 175 Å². The molecule has 0 aliphatic carbocycles. The molecule has 1 fully saturated rings. The number of unbranched alkanes of at least 4 members (excludes halogenated alkanes) is 1. The van der Waals surface area contributed by atoms with Gasteiger partial charge in [-0.2, -0.15) is 0 Å². The Kier molecular flexibility index (Phi) is 5.60. The third kappa shape index (κ3) is 3.75. The number of aryl methyl sites for hydroxylation is 1. The molecule has 0 spiro atoms. The van der Waals surface area contributed by atoms with E-state index in [0.717, 1.165) is 28.4 Å². The Balaban J connectivity index is 1.63. The summed E-state index contributed by atoms with van der Waals surface area (Å²) >= 11 is 6.89. The van der Waals surface area contributed by atoms with Crippen LogP contribution in [0.4, 0.5) is 5.69 Å². The molecule has 1 aliphatic heterocycles. The van der Waals surface area contributed by atoms with Crippen molar-refractivity contribution in [3.8, 4) is 0 Å². The van der Waals surface area contributed by atoms with Gasteiger partial charge in [0.2, 0.25) is 0 Å². The van der Waals surface area contributed by atoms with E-state index < -0.39 is 0 Å². The summed E-state index contributed by atoms with van der Waals surface area (Å²) in [5.74, 6) is -0.0516. The van der Waals surface area contributed by atoms with Crippen LogP contribution in [-0.4, -0.2) is 10.2 Å². The van der Waals surface area contributed by atoms with Gasteiger partial charge in [-0.15, -0.1) is 0 Å². The largest absolute Gasteiger partial charge is 0.270 e. The minimum Gasteiger partial charge on any atom is -0.268 e. The van der Waals surface area contributed by atoms with E-state index in [1.165, 1.54) is 30.2 Å². The van der Waals surface area contributed by atoms with Crippen molar-refractivity contribution in [1.29, 1.82) is 0 Å². The smallest absolute Gasteiger partial charge is 0.268 e. The van der Waals surface area contributed by atoms with Crippen molar-refractivity contribution in [2.75, 3.05) is 4.90 Å². The van der Waals surface area contributed by atoms with E-state index >= 15 is 0 Å². The van der Waals surface area contributed by atoms with Crippen molar-refractivity contribution in [2.45, 2.75) is 26.2 Å². The molecule has 0 atom stereocenters. The molecule has 0 unspecified atom stereocenters. The molecule has 0 N–H and O–H groups in total. The molecular formula is C24H21NOS2. The topological polar surface area (TPSA) is 20.3 Å². The van der Waals surface area contributed by atoms with Gasteiger partial charge >= 0.3 is 0 Å². The molecule has 1 saturated heterocycles. The maximum atomic E-state index is 13.1. The van der Waals surface area contributed by atoms with E-state index in [4.69, 9.17) is 12.2 Å². The molecule has 0 radical (unpaired) electrons. The Hall–Kier alpha value is -2.43. The second kappa shape index (κ2) is 8.29. The third-order valence-corrected chi connectivity index (χ3v) is 6.22. The lowest BCUT2D eigenvalue weighted by Crippen LogP contribution is -2.27. The van der Waals surface area contributed by atoms with Crippen LogP contribution >= 0.6 is 24.0 Å². The van der Waals surface area contributed by atoms with E-state index in [1.54, 1.807) is 4.90 Å². The first kappa shape index (κ1) is 18.9. The number of nitrogens with zero attached hydrogens (tertiary/aromatic N) is 1. The van der Waals surface area contributed by atoms with Crippen molar-refractivity contribution >= 4 is 56.7 Å². The number of benzene rings is 3. The van der Waals surface area contributed by atoms with Crippen LogP contribution in [0.5, 0.6) is 0 Å². The van der Waals surface area contributed by atoms with Crippen LogP contribution in [0.15, 0.2) is 71.6 Å². The summed E-state index contributed by atoms with van der Waals surface area (Å²) in [6.45, 7) is 2.19. The molecular weight excluding hydrogens is 382 g/mol. The SMILES string of the molecule is CCCCc1ccc(N2C(=O)C(=Cc3cccc4ccccc34)SC2=S)cc1. The number of carbonyl (C=O) groups excluding carboxylic acids is 1. The maximum absolute atomic E-state index is 13.1. The summed E-state index contributed by atoms with van der Waals surface area (Å²) in [5, 5.41) is 2.30. The highest BCUT2D eigenvalue weighted by Crippen LogP contribution is 2.37. The summed E-state index contributed by atoms with van der Waals surface area (Å²) < 4.78 is 0.581. The number of thiocarbonyl (C=S) groups is 1. The van der Waals surface area contributed by atoms with Gasteiger partial charge in [-0.3, -0.25) is 9.69 Å². The maximum Gasteiger partial charge on any atom is 0.270 e. The summed E-state index contributed by atoms with van der Waals surface area (Å²) in [6.07, 6.45) is 5.37. The fourth-order valence-electron chi connectivity index (χ4n) is 3.40. The van der Waals surface area contributed by atoms with Crippen LogP contribution in [-0.2, 0) is 11.2 Å². The van der Waals surface area contributed by atoms with Crippen molar-refractivity contribution in [3.05, 3.63) is 82.8 Å². The highest BCUT2D eigenvalue weighted by molar-refractivity contribution is 8.27. The average molecular weight is 404 g/mol. The fourth-order valence-corrected chi connectivity index (χ4v) is 4.69. The molecule has 4 rings (SSSR count). The number of thioether (sulfide) groups is 1. The van der Waals surface area contributed by atoms with Gasteiger partial charge in [0.1, 0.15) is 0 Å². The molecule has 3 aromatic carbocycles. The van der Waals surface area contributed by atoms with Crippen molar-refractivity contribution in [1.82, 2.24) is 0 Å². The van der Waals surface area contributed by atoms with Crippen LogP contribution in [0.1, 0.15) is 30.9 Å². The van der Waals surface area contributed by atoms with Gasteiger partial charge in [0.25, 0.3) is 5.91 Å². The standard InChI is InChI=1S/C24H21NOS2/c1-2-3-7-17-12-14-20(15-13-17)25-23(26)22(28-24(25)27)16-19-10-6-9-18-8-4-5-11-21(18)19/h4-6,8-16H,2-3,7H2,1H3. The van der Waals surface area contributed by atoms with Crippen LogP contribution < -0.4 is 4.90 Å². The lowest BCUT2D eigenvalue weighted by molar-refractivity contribution is -0.113. The number of fused-ring (bicyclic) bond motifs is 1. The Bertz CT molecular complexity index is 1060. The van der Waals surface area contributed by atoms with E-state index in [-0.39, 0.29) is 5.91 Å². The number of hydrogen-bond acceptors (Lipinski definition) is 3. The third-order valence-electron chi connectivity index (χ3n) is 4.92. The second-order valence-corrected chi connectivity index (χ2v) is 8.53. The highest BCUT2D eigenvalue weighted by Gasteiger charge is 2.33. The highest BCUT2D eigenvalue weighted by atomic mass is 32.2. The molecule has 28 heavy (non-hydrogen) atoms. The molecule has 4 heteroatoms. The first-order valence-corrected chi connectivity index (χ1v) is 10.7. The van der Waals surface area contributed by atoms with E-state index in [9.17, 15) is 4.79 Å². The van der Waals surface area contributed by atoms with Crippen LogP contribution in [0.25, 0.3) is 16.8 Å². The molecule has 3 aromatic rings. The van der Waals surface area contributed by atoms with E-state index in [1.807, 2.05) is 42.5 Å². The van der Waals surface area contributed by atoms with Crippen LogP contribution in [0.3, 0.4) is 0 Å². The molecule has 0 aromatic heterocycles. The van der Waals surface area contributed by atoms with E-state index in [2.05, 4.69) is 37.3 Å². The number of amides is 1. The van der Waals surface area contributed by atoms with Crippen molar-refractivity contribution in [3.63, 3.8) is 0 Å². The van der Waals surface area contributed by atoms with Gasteiger partial charge in [-0.25, -0.2) is 0 Å². The summed E-state index contributed by atoms with van der Waals surface area (Å²) in [7, 11) is 0. The van der Waals surface area contributed by atoms with Gasteiger partial charge < -0.3 is 0 Å². The zero-order valence-corrected chi connectivity index (χ0v) is 17.4. The summed E-state index contributed by atoms with van der Waals surface area (Å²) in [4.78, 5) is 15.4. The normalized spacial score (nSPS) is 15.8. The van der Waals surface area contributed by atoms with Gasteiger partial charge in [-0.1, -0.05) is 91.9 Å². The van der Waals surface area contributed by atoms with Gasteiger partial charge in [-0.05, 0) is 52.9 Å². The molecule has 0 bridgehead atoms. The lowest BCUT2D eigenvalue weighted by atomic mass is 10.0. The number of rotatable bonds is 5. The van der Waals surface area contributed by atoms with Gasteiger partial charge in [0, 0.05) is 0 Å². The minimum atomic E-state index is -0.0516. The molecule has 1 amide bonds. The number of anilines is 1. The monoisotopic (exact) mass is 403 g/mol. The molecule has 0 saturated carbocycles. The van der Waals surface area contributed by atoms with Gasteiger partial charge in [0.05, 0.1) is 10.6 Å². The van der Waals surface area contributed by atoms with Crippen LogP contribution in [0.2, 0.25) is 0 Å². The second-order valence-electron chi connectivity index (χ2n) is 6.86. The van der Waals surface area contributed by atoms with Crippen LogP contribution in [0, 0.1) is 0 Å². The van der Waals surface area contributed by atoms with Gasteiger partial charge in [0.15, 0.2) is 4.32 Å². The fraction of sp³-hybridized carbons (Fsp3) is 0.167. The summed E-state index contributed by atoms with van der Waals surface area (Å²) in [5.41, 5.74) is 3.17. The zero-order valence-electron chi connectivity index (χ0n) is 15.7. The number of carbonyl (C=O) groups is 1.